The number of aliphatic carboxylic acids is 1. The average Bonchev–Trinajstić information content (AvgIpc) is 2.01. The van der Waals surface area contributed by atoms with Crippen molar-refractivity contribution in [3.05, 3.63) is 24.3 Å². The Morgan fingerprint density at radius 3 is 2.58 bits per heavy atom. The molecule has 0 aromatic rings. The maximum absolute atomic E-state index is 10.7. The topological polar surface area (TPSA) is 66.4 Å². The zero-order valence-corrected chi connectivity index (χ0v) is 6.78. The fraction of sp³-hybridized carbons (Fsp3) is 0.250. The van der Waals surface area contributed by atoms with E-state index in [2.05, 4.69) is 5.32 Å². The summed E-state index contributed by atoms with van der Waals surface area (Å²) in [6, 6.07) is 0. The smallest absolute Gasteiger partial charge is 0.322 e. The van der Waals surface area contributed by atoms with Crippen LogP contribution in [0.4, 0.5) is 0 Å². The van der Waals surface area contributed by atoms with Gasteiger partial charge in [0.1, 0.15) is 6.54 Å². The number of nitrogens with one attached hydrogen (secondary N) is 1. The van der Waals surface area contributed by atoms with Crippen LogP contribution in [0.15, 0.2) is 24.3 Å². The lowest BCUT2D eigenvalue weighted by molar-refractivity contribution is -0.137. The highest BCUT2D eigenvalue weighted by Crippen LogP contribution is 1.76. The summed E-state index contributed by atoms with van der Waals surface area (Å²) in [5, 5.41) is 10.4. The molecular weight excluding hydrogens is 158 g/mol. The summed E-state index contributed by atoms with van der Waals surface area (Å²) in [5.74, 6) is -1.46. The van der Waals surface area contributed by atoms with Gasteiger partial charge in [0.15, 0.2) is 0 Å². The minimum atomic E-state index is -1.05. The molecule has 0 bridgehead atoms. The van der Waals surface area contributed by atoms with E-state index < -0.39 is 11.9 Å². The molecule has 0 radical (unpaired) electrons. The van der Waals surface area contributed by atoms with Gasteiger partial charge in [-0.05, 0) is 6.92 Å². The van der Waals surface area contributed by atoms with Crippen LogP contribution in [0.1, 0.15) is 6.92 Å². The summed E-state index contributed by atoms with van der Waals surface area (Å²) >= 11 is 0. The fourth-order valence-corrected chi connectivity index (χ4v) is 0.476. The molecule has 4 heteroatoms. The van der Waals surface area contributed by atoms with Gasteiger partial charge in [0.2, 0.25) is 5.91 Å². The monoisotopic (exact) mass is 169 g/mol. The number of carbonyl (C=O) groups is 2. The number of carboxylic acids is 1. The predicted octanol–water partition coefficient (Wildman–Crippen LogP) is 0.319. The number of carboxylic acid groups (broad SMARTS) is 1. The normalized spacial score (nSPS) is 10.8. The number of hydrogen-bond acceptors (Lipinski definition) is 2. The number of amides is 1. The molecule has 0 rings (SSSR count). The second-order valence-electron chi connectivity index (χ2n) is 2.00. The highest BCUT2D eigenvalue weighted by molar-refractivity contribution is 5.90. The minimum Gasteiger partial charge on any atom is -0.480 e. The van der Waals surface area contributed by atoms with E-state index in [1.165, 1.54) is 12.2 Å². The van der Waals surface area contributed by atoms with E-state index in [9.17, 15) is 9.59 Å². The molecule has 0 spiro atoms. The van der Waals surface area contributed by atoms with Gasteiger partial charge >= 0.3 is 5.97 Å². The van der Waals surface area contributed by atoms with E-state index in [4.69, 9.17) is 5.11 Å². The van der Waals surface area contributed by atoms with E-state index in [1.54, 1.807) is 12.2 Å². The zero-order chi connectivity index (χ0) is 9.40. The van der Waals surface area contributed by atoms with Crippen molar-refractivity contribution >= 4 is 11.9 Å². The van der Waals surface area contributed by atoms with Gasteiger partial charge < -0.3 is 10.4 Å². The van der Waals surface area contributed by atoms with Crippen LogP contribution < -0.4 is 5.32 Å². The molecule has 0 aliphatic rings. The van der Waals surface area contributed by atoms with Crippen molar-refractivity contribution in [2.45, 2.75) is 6.92 Å². The summed E-state index contributed by atoms with van der Waals surface area (Å²) in [6.45, 7) is 1.47. The Bertz CT molecular complexity index is 218. The van der Waals surface area contributed by atoms with Gasteiger partial charge in [-0.2, -0.15) is 0 Å². The Hall–Kier alpha value is -1.58. The third kappa shape index (κ3) is 6.54. The first kappa shape index (κ1) is 10.4. The molecule has 66 valence electrons. The summed E-state index contributed by atoms with van der Waals surface area (Å²) in [7, 11) is 0. The van der Waals surface area contributed by atoms with Crippen LogP contribution in [0.5, 0.6) is 0 Å². The van der Waals surface area contributed by atoms with E-state index in [-0.39, 0.29) is 6.54 Å². The lowest BCUT2D eigenvalue weighted by Gasteiger charge is -1.94. The van der Waals surface area contributed by atoms with Crippen molar-refractivity contribution in [1.82, 2.24) is 5.32 Å². The summed E-state index contributed by atoms with van der Waals surface area (Å²) in [5.41, 5.74) is 0. The van der Waals surface area contributed by atoms with Crippen LogP contribution in [0.2, 0.25) is 0 Å². The summed E-state index contributed by atoms with van der Waals surface area (Å²) < 4.78 is 0. The molecule has 0 fully saturated rings. The number of rotatable bonds is 4. The Kier molecular flexibility index (Phi) is 5.34. The second-order valence-corrected chi connectivity index (χ2v) is 2.00. The SMILES string of the molecule is CC=CC=CC(=O)NCC(=O)O. The van der Waals surface area contributed by atoms with Crippen molar-refractivity contribution in [2.24, 2.45) is 0 Å². The maximum atomic E-state index is 10.7. The Balaban J connectivity index is 3.67. The van der Waals surface area contributed by atoms with Gasteiger partial charge in [0.05, 0.1) is 0 Å². The maximum Gasteiger partial charge on any atom is 0.322 e. The van der Waals surface area contributed by atoms with Crippen molar-refractivity contribution in [3.8, 4) is 0 Å². The Morgan fingerprint density at radius 2 is 2.08 bits per heavy atom. The van der Waals surface area contributed by atoms with Crippen LogP contribution in [0.3, 0.4) is 0 Å². The predicted molar refractivity (Wildman–Crippen MR) is 44.6 cm³/mol. The van der Waals surface area contributed by atoms with Gasteiger partial charge in [-0.3, -0.25) is 9.59 Å². The molecule has 12 heavy (non-hydrogen) atoms. The van der Waals surface area contributed by atoms with Gasteiger partial charge in [-0.1, -0.05) is 18.2 Å². The van der Waals surface area contributed by atoms with E-state index in [1.807, 2.05) is 6.92 Å². The van der Waals surface area contributed by atoms with Crippen molar-refractivity contribution in [2.75, 3.05) is 6.54 Å². The lowest BCUT2D eigenvalue weighted by atomic mass is 10.4. The first-order valence-corrected chi connectivity index (χ1v) is 3.45. The fourth-order valence-electron chi connectivity index (χ4n) is 0.476. The van der Waals surface area contributed by atoms with E-state index in [0.717, 1.165) is 0 Å². The molecule has 1 amide bonds. The van der Waals surface area contributed by atoms with Crippen LogP contribution in [0.25, 0.3) is 0 Å². The molecule has 0 aromatic carbocycles. The van der Waals surface area contributed by atoms with Crippen molar-refractivity contribution < 1.29 is 14.7 Å². The van der Waals surface area contributed by atoms with Crippen LogP contribution >= 0.6 is 0 Å². The van der Waals surface area contributed by atoms with Gasteiger partial charge in [0, 0.05) is 6.08 Å². The minimum absolute atomic E-state index is 0.348. The number of carbonyl (C=O) groups excluding carboxylic acids is 1. The molecule has 0 unspecified atom stereocenters. The van der Waals surface area contributed by atoms with Crippen LogP contribution in [-0.4, -0.2) is 23.5 Å². The van der Waals surface area contributed by atoms with Gasteiger partial charge in [-0.15, -0.1) is 0 Å². The van der Waals surface area contributed by atoms with Crippen LogP contribution in [0, 0.1) is 0 Å². The second kappa shape index (κ2) is 6.15. The molecule has 0 aromatic heterocycles. The number of hydrogen-bond donors (Lipinski definition) is 2. The van der Waals surface area contributed by atoms with Gasteiger partial charge in [0.25, 0.3) is 0 Å². The molecule has 0 aliphatic heterocycles. The summed E-state index contributed by atoms with van der Waals surface area (Å²) in [4.78, 5) is 20.7. The Morgan fingerprint density at radius 1 is 1.42 bits per heavy atom. The first-order chi connectivity index (χ1) is 5.66. The molecule has 0 heterocycles. The largest absolute Gasteiger partial charge is 0.480 e. The van der Waals surface area contributed by atoms with Gasteiger partial charge in [-0.25, -0.2) is 0 Å². The lowest BCUT2D eigenvalue weighted by Crippen LogP contribution is -2.27. The van der Waals surface area contributed by atoms with E-state index >= 15 is 0 Å². The molecular formula is C8H11NO3. The first-order valence-electron chi connectivity index (χ1n) is 3.45. The molecule has 0 saturated carbocycles. The molecule has 0 aliphatic carbocycles. The Labute approximate surface area is 70.6 Å². The molecule has 0 saturated heterocycles. The van der Waals surface area contributed by atoms with E-state index in [0.29, 0.717) is 0 Å². The standard InChI is InChI=1S/C8H11NO3/c1-2-3-4-5-7(10)9-6-8(11)12/h2-5H,6H2,1H3,(H,9,10)(H,11,12). The quantitative estimate of drug-likeness (QED) is 0.470. The van der Waals surface area contributed by atoms with Crippen LogP contribution in [-0.2, 0) is 9.59 Å². The highest BCUT2D eigenvalue weighted by atomic mass is 16.4. The highest BCUT2D eigenvalue weighted by Gasteiger charge is 1.97. The van der Waals surface area contributed by atoms with Crippen molar-refractivity contribution in [1.29, 1.82) is 0 Å². The third-order valence-corrected chi connectivity index (χ3v) is 0.965. The molecule has 2 N–H and O–H groups in total. The average molecular weight is 169 g/mol. The number of allylic oxidation sites excluding steroid dienone is 3. The third-order valence-electron chi connectivity index (χ3n) is 0.965. The molecule has 0 atom stereocenters. The van der Waals surface area contributed by atoms with Crippen molar-refractivity contribution in [3.63, 3.8) is 0 Å². The molecule has 4 nitrogen and oxygen atoms in total. The summed E-state index contributed by atoms with van der Waals surface area (Å²) in [6.07, 6.45) is 6.25. The zero-order valence-electron chi connectivity index (χ0n) is 6.78.